The molecule has 0 radical (unpaired) electrons. The van der Waals surface area contributed by atoms with Crippen LogP contribution in [0.2, 0.25) is 0 Å². The first-order chi connectivity index (χ1) is 4.54. The Morgan fingerprint density at radius 3 is 1.13 bits per heavy atom. The van der Waals surface area contributed by atoms with Crippen LogP contribution >= 0.6 is 0 Å². The van der Waals surface area contributed by atoms with Crippen molar-refractivity contribution in [1.29, 1.82) is 0 Å². The summed E-state index contributed by atoms with van der Waals surface area (Å²) in [6, 6.07) is 0. The van der Waals surface area contributed by atoms with Crippen molar-refractivity contribution >= 4 is 22.7 Å². The van der Waals surface area contributed by atoms with Crippen molar-refractivity contribution in [2.45, 2.75) is 6.92 Å². The van der Waals surface area contributed by atoms with E-state index in [4.69, 9.17) is 5.11 Å². The van der Waals surface area contributed by atoms with Crippen LogP contribution in [0, 0.1) is 0 Å². The van der Waals surface area contributed by atoms with E-state index in [0.29, 0.717) is 0 Å². The van der Waals surface area contributed by atoms with E-state index in [-0.39, 0.29) is 217 Å². The zero-order valence-electron chi connectivity index (χ0n) is 9.35. The topological polar surface area (TPSA) is 113 Å². The standard InChI is InChI=1S/C2H5O.FH.4K.H2O5S2/c1-2-3;;;;;;1-6(2)5-7(3)4/h2H2,1H3;1H;;;;;(H,1,2)(H,3,4)/q-1;;4*+1;/p-3. The van der Waals surface area contributed by atoms with Crippen LogP contribution in [0.4, 0.5) is 0 Å². The molecule has 15 heavy (non-hydrogen) atoms. The molecule has 0 aliphatic carbocycles. The molecule has 0 saturated heterocycles. The van der Waals surface area contributed by atoms with Gasteiger partial charge in [-0.15, -0.1) is 6.61 Å². The van der Waals surface area contributed by atoms with E-state index >= 15 is 0 Å². The molecule has 0 rings (SSSR count). The summed E-state index contributed by atoms with van der Waals surface area (Å²) >= 11 is -5.92. The summed E-state index contributed by atoms with van der Waals surface area (Å²) in [4.78, 5) is 0. The van der Waals surface area contributed by atoms with Crippen LogP contribution in [-0.2, 0) is 26.4 Å². The average molecular weight is 365 g/mol. The van der Waals surface area contributed by atoms with Crippen LogP contribution in [0.3, 0.4) is 0 Å². The average Bonchev–Trinajstić information content (AvgIpc) is 1.62. The molecule has 0 bridgehead atoms. The molecular formula is C2H5FK4O6S2. The third-order valence-corrected chi connectivity index (χ3v) is 1.00. The van der Waals surface area contributed by atoms with Crippen molar-refractivity contribution in [3.63, 3.8) is 0 Å². The van der Waals surface area contributed by atoms with E-state index in [1.807, 2.05) is 0 Å². The minimum atomic E-state index is -2.96. The Labute approximate surface area is 264 Å². The zero-order valence-corrected chi connectivity index (χ0v) is 23.5. The maximum absolute atomic E-state index is 9.19. The predicted octanol–water partition coefficient (Wildman–Crippen LogP) is -17.0. The predicted molar refractivity (Wildman–Crippen MR) is 29.5 cm³/mol. The Hall–Kier alpha value is 6.62. The van der Waals surface area contributed by atoms with Gasteiger partial charge in [0.2, 0.25) is 0 Å². The number of rotatable bonds is 2. The van der Waals surface area contributed by atoms with Crippen molar-refractivity contribution in [3.05, 3.63) is 0 Å². The van der Waals surface area contributed by atoms with Crippen molar-refractivity contribution < 1.29 is 237 Å². The molecule has 0 atom stereocenters. The first kappa shape index (κ1) is 43.0. The fourth-order valence-corrected chi connectivity index (χ4v) is 0.408. The van der Waals surface area contributed by atoms with Crippen molar-refractivity contribution in [2.24, 2.45) is 0 Å². The summed E-state index contributed by atoms with van der Waals surface area (Å²) < 4.78 is 39.9. The van der Waals surface area contributed by atoms with Gasteiger partial charge in [0.05, 0.1) is 22.7 Å². The molecule has 0 saturated carbocycles. The molecule has 6 nitrogen and oxygen atoms in total. The Bertz CT molecular complexity index is 118. The minimum Gasteiger partial charge on any atom is -1.00 e. The van der Waals surface area contributed by atoms with E-state index < -0.39 is 22.7 Å². The summed E-state index contributed by atoms with van der Waals surface area (Å²) in [6.07, 6.45) is 0. The molecule has 13 heteroatoms. The maximum atomic E-state index is 9.19. The van der Waals surface area contributed by atoms with Crippen LogP contribution in [0.1, 0.15) is 6.92 Å². The normalized spacial score (nSPS) is 9.87. The molecule has 0 fully saturated rings. The first-order valence-corrected chi connectivity index (χ1v) is 4.00. The minimum absolute atomic E-state index is 0. The van der Waals surface area contributed by atoms with Crippen molar-refractivity contribution in [1.82, 2.24) is 0 Å². The molecule has 0 N–H and O–H groups in total. The second-order valence-corrected chi connectivity index (χ2v) is 2.13. The van der Waals surface area contributed by atoms with Gasteiger partial charge in [-0.25, -0.2) is 12.0 Å². The first-order valence-electron chi connectivity index (χ1n) is 2.00. The van der Waals surface area contributed by atoms with Gasteiger partial charge < -0.3 is 18.9 Å². The molecule has 0 unspecified atom stereocenters. The molecule has 72 valence electrons. The SMILES string of the molecule is CC[O-].O=S([O-])OS(=O)[O-].[F-].[K+].[K+].[K+].[K+]. The number of hydrogen-bond donors (Lipinski definition) is 0. The maximum Gasteiger partial charge on any atom is 1.00 e. The summed E-state index contributed by atoms with van der Waals surface area (Å²) in [5, 5.41) is 8.93. The fourth-order valence-electron chi connectivity index (χ4n) is 0.0454. The van der Waals surface area contributed by atoms with Gasteiger partial charge >= 0.3 is 206 Å². The molecule has 0 aromatic heterocycles. The monoisotopic (exact) mass is 364 g/mol. The van der Waals surface area contributed by atoms with Crippen LogP contribution in [0.15, 0.2) is 0 Å². The van der Waals surface area contributed by atoms with Gasteiger partial charge in [0.1, 0.15) is 0 Å². The Balaban J connectivity index is -0.0000000147. The molecule has 0 aromatic carbocycles. The van der Waals surface area contributed by atoms with E-state index in [1.54, 1.807) is 6.92 Å². The Morgan fingerprint density at radius 2 is 1.13 bits per heavy atom. The van der Waals surface area contributed by atoms with E-state index in [2.05, 4.69) is 3.63 Å². The van der Waals surface area contributed by atoms with E-state index in [9.17, 15) is 17.5 Å². The van der Waals surface area contributed by atoms with Crippen LogP contribution in [-0.4, -0.2) is 24.1 Å². The van der Waals surface area contributed by atoms with E-state index in [1.165, 1.54) is 0 Å². The van der Waals surface area contributed by atoms with E-state index in [0.717, 1.165) is 0 Å². The summed E-state index contributed by atoms with van der Waals surface area (Å²) in [7, 11) is 0. The van der Waals surface area contributed by atoms with Gasteiger partial charge in [-0.05, 0) is 0 Å². The molecular weight excluding hydrogens is 360 g/mol. The summed E-state index contributed by atoms with van der Waals surface area (Å²) in [5.41, 5.74) is 0. The van der Waals surface area contributed by atoms with Crippen molar-refractivity contribution in [3.8, 4) is 0 Å². The van der Waals surface area contributed by atoms with Crippen LogP contribution < -0.4 is 215 Å². The summed E-state index contributed by atoms with van der Waals surface area (Å²) in [6.45, 7) is 1.57. The molecule has 0 spiro atoms. The van der Waals surface area contributed by atoms with Crippen molar-refractivity contribution in [2.75, 3.05) is 6.61 Å². The molecule has 0 aliphatic heterocycles. The second kappa shape index (κ2) is 37.1. The molecule has 0 amide bonds. The molecule has 0 heterocycles. The fraction of sp³-hybridized carbons (Fsp3) is 1.00. The zero-order chi connectivity index (χ0) is 8.57. The Morgan fingerprint density at radius 1 is 1.00 bits per heavy atom. The van der Waals surface area contributed by atoms with Gasteiger partial charge in [-0.1, -0.05) is 6.92 Å². The smallest absolute Gasteiger partial charge is 1.00 e. The van der Waals surface area contributed by atoms with Crippen LogP contribution in [0.25, 0.3) is 0 Å². The third kappa shape index (κ3) is 63.4. The van der Waals surface area contributed by atoms with Gasteiger partial charge in [-0.2, -0.15) is 0 Å². The third-order valence-electron chi connectivity index (χ3n) is 0.111. The van der Waals surface area contributed by atoms with Crippen LogP contribution in [0.5, 0.6) is 0 Å². The van der Waals surface area contributed by atoms with Gasteiger partial charge in [0.15, 0.2) is 0 Å². The summed E-state index contributed by atoms with van der Waals surface area (Å²) in [5.74, 6) is 0. The van der Waals surface area contributed by atoms with Gasteiger partial charge in [-0.3, -0.25) is 0 Å². The Kier molecular flexibility index (Phi) is 106. The second-order valence-electron chi connectivity index (χ2n) is 0.765. The van der Waals surface area contributed by atoms with Gasteiger partial charge in [0, 0.05) is 0 Å². The van der Waals surface area contributed by atoms with Gasteiger partial charge in [0.25, 0.3) is 0 Å². The quantitative estimate of drug-likeness (QED) is 0.355. The molecule has 0 aliphatic rings. The number of halogens is 1. The largest absolute Gasteiger partial charge is 1.00 e. The molecule has 0 aromatic rings. The number of hydrogen-bond acceptors (Lipinski definition) is 6.